The predicted octanol–water partition coefficient (Wildman–Crippen LogP) is 5.36. The molecule has 2 aromatic rings. The van der Waals surface area contributed by atoms with Gasteiger partial charge in [0.1, 0.15) is 11.5 Å². The fourth-order valence-corrected chi connectivity index (χ4v) is 3.67. The van der Waals surface area contributed by atoms with Gasteiger partial charge in [-0.15, -0.1) is 0 Å². The van der Waals surface area contributed by atoms with Crippen LogP contribution in [0.5, 0.6) is 11.5 Å². The number of methoxy groups -OCH3 is 1. The second-order valence-corrected chi connectivity index (χ2v) is 7.65. The first kappa shape index (κ1) is 24.3. The number of carbonyl (C=O) groups is 2. The number of anilines is 1. The second-order valence-electron chi connectivity index (χ2n) is 7.65. The van der Waals surface area contributed by atoms with Crippen LogP contribution in [0.15, 0.2) is 36.4 Å². The average Bonchev–Trinajstić information content (AvgIpc) is 2.77. The third kappa shape index (κ3) is 5.37. The molecule has 0 spiro atoms. The highest BCUT2D eigenvalue weighted by atomic mass is 16.5. The van der Waals surface area contributed by atoms with Crippen molar-refractivity contribution in [1.82, 2.24) is 0 Å². The largest absolute Gasteiger partial charge is 0.506 e. The Morgan fingerprint density at radius 2 is 1.77 bits per heavy atom. The minimum atomic E-state index is -0.791. The minimum Gasteiger partial charge on any atom is -0.506 e. The molecule has 6 heteroatoms. The third-order valence-corrected chi connectivity index (χ3v) is 5.79. The van der Waals surface area contributed by atoms with Gasteiger partial charge in [0, 0.05) is 0 Å². The summed E-state index contributed by atoms with van der Waals surface area (Å²) in [6.45, 7) is 8.70. The van der Waals surface area contributed by atoms with Crippen LogP contribution in [-0.2, 0) is 14.9 Å². The maximum absolute atomic E-state index is 13.4. The normalized spacial score (nSPS) is 11.1. The van der Waals surface area contributed by atoms with E-state index in [0.29, 0.717) is 19.4 Å². The number of ether oxygens (including phenoxy) is 2. The van der Waals surface area contributed by atoms with Gasteiger partial charge >= 0.3 is 5.97 Å². The number of carbonyl (C=O) groups excluding carboxylic acids is 2. The summed E-state index contributed by atoms with van der Waals surface area (Å²) in [5.74, 6) is -0.0731. The first-order valence-electron chi connectivity index (χ1n) is 10.8. The van der Waals surface area contributed by atoms with Crippen molar-refractivity contribution in [2.75, 3.05) is 19.0 Å². The van der Waals surface area contributed by atoms with Gasteiger partial charge in [-0.2, -0.15) is 0 Å². The molecular weight excluding hydrogens is 394 g/mol. The summed E-state index contributed by atoms with van der Waals surface area (Å²) in [4.78, 5) is 25.3. The highest BCUT2D eigenvalue weighted by Gasteiger charge is 2.37. The van der Waals surface area contributed by atoms with Crippen LogP contribution in [-0.4, -0.2) is 30.7 Å². The van der Waals surface area contributed by atoms with Gasteiger partial charge in [-0.1, -0.05) is 39.3 Å². The van der Waals surface area contributed by atoms with Crippen LogP contribution in [0.3, 0.4) is 0 Å². The molecular formula is C25H33NO5. The lowest BCUT2D eigenvalue weighted by atomic mass is 9.74. The molecule has 2 N–H and O–H groups in total. The smallest absolute Gasteiger partial charge is 0.337 e. The molecule has 0 aromatic heterocycles. The van der Waals surface area contributed by atoms with Crippen molar-refractivity contribution >= 4 is 17.6 Å². The number of phenols is 1. The zero-order chi connectivity index (χ0) is 23.0. The zero-order valence-corrected chi connectivity index (χ0v) is 19.1. The Morgan fingerprint density at radius 1 is 1.06 bits per heavy atom. The van der Waals surface area contributed by atoms with E-state index >= 15 is 0 Å². The van der Waals surface area contributed by atoms with Gasteiger partial charge in [0.2, 0.25) is 5.91 Å². The van der Waals surface area contributed by atoms with Crippen LogP contribution in [0.4, 0.5) is 5.69 Å². The number of benzene rings is 2. The topological polar surface area (TPSA) is 84.9 Å². The van der Waals surface area contributed by atoms with Crippen molar-refractivity contribution in [3.63, 3.8) is 0 Å². The molecule has 0 unspecified atom stereocenters. The molecule has 0 radical (unpaired) electrons. The van der Waals surface area contributed by atoms with Gasteiger partial charge in [0.05, 0.1) is 30.4 Å². The Bertz CT molecular complexity index is 918. The average molecular weight is 428 g/mol. The summed E-state index contributed by atoms with van der Waals surface area (Å²) in [5, 5.41) is 13.0. The summed E-state index contributed by atoms with van der Waals surface area (Å²) in [6.07, 6.45) is 3.20. The van der Waals surface area contributed by atoms with Gasteiger partial charge in [-0.05, 0) is 61.6 Å². The summed E-state index contributed by atoms with van der Waals surface area (Å²) >= 11 is 0. The lowest BCUT2D eigenvalue weighted by Crippen LogP contribution is -2.39. The number of nitrogens with one attached hydrogen (secondary N) is 1. The van der Waals surface area contributed by atoms with Gasteiger partial charge in [-0.25, -0.2) is 4.79 Å². The number of unbranched alkanes of at least 4 members (excludes halogenated alkanes) is 1. The van der Waals surface area contributed by atoms with E-state index in [-0.39, 0.29) is 22.9 Å². The lowest BCUT2D eigenvalue weighted by molar-refractivity contribution is -0.121. The molecule has 2 rings (SSSR count). The van der Waals surface area contributed by atoms with E-state index in [1.54, 1.807) is 0 Å². The van der Waals surface area contributed by atoms with Crippen LogP contribution in [0.25, 0.3) is 0 Å². The van der Waals surface area contributed by atoms with Crippen molar-refractivity contribution in [2.45, 2.75) is 58.8 Å². The number of esters is 1. The molecule has 0 aliphatic rings. The zero-order valence-electron chi connectivity index (χ0n) is 19.1. The van der Waals surface area contributed by atoms with Crippen molar-refractivity contribution in [2.24, 2.45) is 0 Å². The van der Waals surface area contributed by atoms with E-state index in [0.717, 1.165) is 29.7 Å². The van der Waals surface area contributed by atoms with E-state index in [4.69, 9.17) is 9.47 Å². The molecule has 0 saturated heterocycles. The van der Waals surface area contributed by atoms with Crippen LogP contribution in [0.2, 0.25) is 0 Å². The Labute approximate surface area is 184 Å². The first-order chi connectivity index (χ1) is 14.8. The minimum absolute atomic E-state index is 0.113. The van der Waals surface area contributed by atoms with E-state index < -0.39 is 11.4 Å². The maximum Gasteiger partial charge on any atom is 0.337 e. The van der Waals surface area contributed by atoms with E-state index in [9.17, 15) is 14.7 Å². The number of phenolic OH excluding ortho intramolecular Hbond substituents is 1. The molecule has 31 heavy (non-hydrogen) atoms. The Morgan fingerprint density at radius 3 is 2.35 bits per heavy atom. The molecule has 1 amide bonds. The predicted molar refractivity (Wildman–Crippen MR) is 122 cm³/mol. The Balaban J connectivity index is 2.35. The summed E-state index contributed by atoms with van der Waals surface area (Å²) < 4.78 is 10.6. The third-order valence-electron chi connectivity index (χ3n) is 5.79. The van der Waals surface area contributed by atoms with Crippen LogP contribution in [0.1, 0.15) is 67.9 Å². The lowest BCUT2D eigenvalue weighted by Gasteiger charge is -2.31. The molecule has 0 aliphatic heterocycles. The molecule has 0 aliphatic carbocycles. The van der Waals surface area contributed by atoms with Crippen molar-refractivity contribution in [1.29, 1.82) is 0 Å². The van der Waals surface area contributed by atoms with E-state index in [1.807, 2.05) is 39.0 Å². The molecule has 168 valence electrons. The van der Waals surface area contributed by atoms with Crippen molar-refractivity contribution in [3.8, 4) is 11.5 Å². The Kier molecular flexibility index (Phi) is 8.48. The fourth-order valence-electron chi connectivity index (χ4n) is 3.67. The SMILES string of the molecule is CCCCOc1ccc(C(CC)(CC)C(=O)Nc2cc(C(=O)OC)ccc2O)cc1C. The van der Waals surface area contributed by atoms with E-state index in [1.165, 1.54) is 25.3 Å². The molecule has 2 aromatic carbocycles. The number of aromatic hydroxyl groups is 1. The number of hydrogen-bond acceptors (Lipinski definition) is 5. The van der Waals surface area contributed by atoms with Gasteiger partial charge in [0.25, 0.3) is 0 Å². The number of hydrogen-bond donors (Lipinski definition) is 2. The van der Waals surface area contributed by atoms with Crippen LogP contribution < -0.4 is 10.1 Å². The molecule has 0 saturated carbocycles. The van der Waals surface area contributed by atoms with Crippen LogP contribution in [0, 0.1) is 6.92 Å². The first-order valence-corrected chi connectivity index (χ1v) is 10.8. The highest BCUT2D eigenvalue weighted by molar-refractivity contribution is 6.01. The monoisotopic (exact) mass is 427 g/mol. The molecule has 0 bridgehead atoms. The second kappa shape index (κ2) is 10.8. The maximum atomic E-state index is 13.4. The van der Waals surface area contributed by atoms with E-state index in [2.05, 4.69) is 12.2 Å². The molecule has 0 fully saturated rings. The van der Waals surface area contributed by atoms with Crippen molar-refractivity contribution in [3.05, 3.63) is 53.1 Å². The van der Waals surface area contributed by atoms with Gasteiger partial charge in [0.15, 0.2) is 0 Å². The molecule has 0 atom stereocenters. The summed E-state index contributed by atoms with van der Waals surface area (Å²) in [6, 6.07) is 10.1. The standard InChI is InChI=1S/C25H33NO5/c1-6-9-14-31-22-13-11-19(15-17(22)4)25(7-2,8-3)24(29)26-20-16-18(23(28)30-5)10-12-21(20)27/h10-13,15-16,27H,6-9,14H2,1-5H3,(H,26,29). The molecule has 6 nitrogen and oxygen atoms in total. The fraction of sp³-hybridized carbons (Fsp3) is 0.440. The van der Waals surface area contributed by atoms with Crippen LogP contribution >= 0.6 is 0 Å². The van der Waals surface area contributed by atoms with Crippen molar-refractivity contribution < 1.29 is 24.2 Å². The highest BCUT2D eigenvalue weighted by Crippen LogP contribution is 2.37. The van der Waals surface area contributed by atoms with Gasteiger partial charge < -0.3 is 19.9 Å². The number of amides is 1. The number of aryl methyl sites for hydroxylation is 1. The quantitative estimate of drug-likeness (QED) is 0.303. The summed E-state index contributed by atoms with van der Waals surface area (Å²) in [7, 11) is 1.28. The summed E-state index contributed by atoms with van der Waals surface area (Å²) in [5.41, 5.74) is 1.50. The number of rotatable bonds is 10. The Hall–Kier alpha value is -3.02. The molecule has 0 heterocycles. The van der Waals surface area contributed by atoms with Gasteiger partial charge in [-0.3, -0.25) is 4.79 Å².